The van der Waals surface area contributed by atoms with Crippen LogP contribution in [0.4, 0.5) is 5.95 Å². The zero-order chi connectivity index (χ0) is 35.2. The second kappa shape index (κ2) is 13.5. The smallest absolute Gasteiger partial charge is 0.457 e. The first-order chi connectivity index (χ1) is 22.4. The third kappa shape index (κ3) is 7.46. The van der Waals surface area contributed by atoms with Crippen LogP contribution in [0.2, 0.25) is 0 Å². The van der Waals surface area contributed by atoms with E-state index in [0.29, 0.717) is 14.6 Å². The maximum Gasteiger partial charge on any atom is 0.457 e. The van der Waals surface area contributed by atoms with Gasteiger partial charge in [-0.1, -0.05) is 51.1 Å². The van der Waals surface area contributed by atoms with Crippen molar-refractivity contribution in [1.82, 2.24) is 24.6 Å². The number of nitrogens with two attached hydrogens (primary N) is 1. The molecule has 2 aromatic heterocycles. The van der Waals surface area contributed by atoms with Crippen LogP contribution in [0.15, 0.2) is 36.4 Å². The van der Waals surface area contributed by atoms with Gasteiger partial charge >= 0.3 is 13.7 Å². The minimum atomic E-state index is -4.68. The molecular formula is C30H38IN6O10P. The Morgan fingerprint density at radius 2 is 1.94 bits per heavy atom. The number of anilines is 1. The molecule has 0 spiro atoms. The molecule has 0 aliphatic carbocycles. The summed E-state index contributed by atoms with van der Waals surface area (Å²) in [6.45, 7) is 8.26. The van der Waals surface area contributed by atoms with Crippen molar-refractivity contribution in [3.8, 4) is 17.4 Å². The summed E-state index contributed by atoms with van der Waals surface area (Å²) in [6.07, 6.45) is -3.76. The Morgan fingerprint density at radius 3 is 2.62 bits per heavy atom. The number of aliphatic hydroxyl groups is 2. The first-order valence-electron chi connectivity index (χ1n) is 14.8. The number of carbonyl (C=O) groups is 1. The molecule has 2 aromatic carbocycles. The van der Waals surface area contributed by atoms with Gasteiger partial charge in [-0.25, -0.2) is 9.55 Å². The second-order valence-corrected chi connectivity index (χ2v) is 15.2. The normalized spacial score (nSPS) is 23.2. The molecular weight excluding hydrogens is 762 g/mol. The number of hydrogen-bond donors (Lipinski definition) is 5. The number of aromatic nitrogens is 4. The maximum atomic E-state index is 13.3. The summed E-state index contributed by atoms with van der Waals surface area (Å²) in [5.74, 6) is -0.737. The number of rotatable bonds is 11. The van der Waals surface area contributed by atoms with Crippen molar-refractivity contribution in [2.75, 3.05) is 26.1 Å². The molecule has 1 fully saturated rings. The zero-order valence-corrected chi connectivity index (χ0v) is 30.1. The van der Waals surface area contributed by atoms with Crippen LogP contribution in [0.25, 0.3) is 21.9 Å². The number of nitrogen functional groups attached to an aromatic ring is 1. The molecule has 6 atom stereocenters. The Labute approximate surface area is 289 Å². The third-order valence-electron chi connectivity index (χ3n) is 7.48. The van der Waals surface area contributed by atoms with Crippen LogP contribution in [0.3, 0.4) is 0 Å². The molecule has 18 heteroatoms. The van der Waals surface area contributed by atoms with Crippen LogP contribution in [0, 0.1) is 9.25 Å². The number of carbonyl (C=O) groups excluding carboxylic acids is 1. The summed E-state index contributed by atoms with van der Waals surface area (Å²) >= 11 is 1.94. The van der Waals surface area contributed by atoms with Gasteiger partial charge in [0.15, 0.2) is 32.7 Å². The summed E-state index contributed by atoms with van der Waals surface area (Å²) in [7, 11) is -3.27. The number of halogens is 1. The summed E-state index contributed by atoms with van der Waals surface area (Å²) < 4.78 is 43.5. The second-order valence-electron chi connectivity index (χ2n) is 12.8. The average Bonchev–Trinajstić information content (AvgIpc) is 3.44. The maximum absolute atomic E-state index is 13.3. The molecule has 0 saturated carbocycles. The summed E-state index contributed by atoms with van der Waals surface area (Å²) in [4.78, 5) is 36.1. The third-order valence-corrected chi connectivity index (χ3v) is 9.39. The highest BCUT2D eigenvalue weighted by atomic mass is 127. The van der Waals surface area contributed by atoms with Crippen molar-refractivity contribution in [2.45, 2.75) is 64.7 Å². The van der Waals surface area contributed by atoms with Crippen molar-refractivity contribution >= 4 is 64.2 Å². The molecule has 6 N–H and O–H groups in total. The predicted octanol–water partition coefficient (Wildman–Crippen LogP) is 3.31. The van der Waals surface area contributed by atoms with E-state index in [4.69, 9.17) is 29.2 Å². The number of esters is 1. The molecule has 260 valence electrons. The number of hydrogen-bond acceptors (Lipinski definition) is 13. The molecule has 5 rings (SSSR count). The highest BCUT2D eigenvalue weighted by molar-refractivity contribution is 14.1. The lowest BCUT2D eigenvalue weighted by atomic mass is 9.96. The number of nitrogens with one attached hydrogen (secondary N) is 1. The quantitative estimate of drug-likeness (QED) is 0.0636. The van der Waals surface area contributed by atoms with E-state index in [2.05, 4.69) is 20.0 Å². The highest BCUT2D eigenvalue weighted by Gasteiger charge is 2.54. The average molecular weight is 801 g/mol. The Bertz CT molecular complexity index is 1880. The van der Waals surface area contributed by atoms with Crippen molar-refractivity contribution in [2.24, 2.45) is 5.41 Å². The molecule has 4 aromatic rings. The van der Waals surface area contributed by atoms with Gasteiger partial charge in [0, 0.05) is 28.0 Å². The predicted molar refractivity (Wildman–Crippen MR) is 182 cm³/mol. The minimum Gasteiger partial charge on any atom is -0.487 e. The number of methoxy groups -OCH3 is 1. The van der Waals surface area contributed by atoms with Crippen LogP contribution in [0.5, 0.6) is 17.4 Å². The van der Waals surface area contributed by atoms with Crippen molar-refractivity contribution in [1.29, 1.82) is 0 Å². The Balaban J connectivity index is 1.39. The number of imidazole rings is 1. The molecule has 3 heterocycles. The van der Waals surface area contributed by atoms with E-state index < -0.39 is 43.8 Å². The molecule has 1 aliphatic heterocycles. The summed E-state index contributed by atoms with van der Waals surface area (Å²) in [5, 5.41) is 26.1. The van der Waals surface area contributed by atoms with Gasteiger partial charge in [0.1, 0.15) is 30.5 Å². The Morgan fingerprint density at radius 1 is 1.23 bits per heavy atom. The van der Waals surface area contributed by atoms with E-state index in [1.807, 2.05) is 43.4 Å². The van der Waals surface area contributed by atoms with Gasteiger partial charge < -0.3 is 44.3 Å². The lowest BCUT2D eigenvalue weighted by molar-refractivity contribution is -0.148. The lowest BCUT2D eigenvalue weighted by Gasteiger charge is -2.27. The van der Waals surface area contributed by atoms with E-state index in [0.717, 1.165) is 0 Å². The van der Waals surface area contributed by atoms with E-state index in [1.165, 1.54) is 31.6 Å². The zero-order valence-electron chi connectivity index (χ0n) is 27.1. The lowest BCUT2D eigenvalue weighted by Crippen LogP contribution is -2.45. The van der Waals surface area contributed by atoms with E-state index in [9.17, 15) is 24.5 Å². The molecule has 1 aliphatic rings. The van der Waals surface area contributed by atoms with Gasteiger partial charge in [0.05, 0.1) is 13.7 Å². The fourth-order valence-corrected chi connectivity index (χ4v) is 6.91. The fourth-order valence-electron chi connectivity index (χ4n) is 5.10. The molecule has 1 saturated heterocycles. The molecule has 0 amide bonds. The topological polar surface area (TPSA) is 223 Å². The van der Waals surface area contributed by atoms with Crippen LogP contribution >= 0.6 is 30.3 Å². The van der Waals surface area contributed by atoms with Crippen molar-refractivity contribution < 1.29 is 47.9 Å². The van der Waals surface area contributed by atoms with Crippen LogP contribution < -0.4 is 24.8 Å². The number of benzene rings is 2. The number of aliphatic hydroxyl groups excluding tert-OH is 1. The first kappa shape index (κ1) is 36.0. The molecule has 0 bridgehead atoms. The van der Waals surface area contributed by atoms with Gasteiger partial charge in [-0.3, -0.25) is 9.36 Å². The van der Waals surface area contributed by atoms with Crippen LogP contribution in [-0.2, 0) is 18.8 Å². The standard InChI is InChI=1S/C30H38IN6O10P/c1-15(25(39)45-14-29(2,3)4)36-48(41,42)47-21-17-10-8-7-9-16(17)11-12-18(21)44-13-19-22(38)30(5,40)26(46-19)37-23-20(33-27(37)31)24(43-6)35-28(32)34-23/h7-12,15,19,22,26,38,40H,13-14H2,1-6H3,(H2,32,34,35)(H2,36,41,42)/t15-,19+,22+,26+,30+/m0/s1. The van der Waals surface area contributed by atoms with Crippen LogP contribution in [-0.4, -0.2) is 84.8 Å². The van der Waals surface area contributed by atoms with Gasteiger partial charge in [-0.2, -0.15) is 15.1 Å². The summed E-state index contributed by atoms with van der Waals surface area (Å²) in [5.41, 5.74) is 4.22. The van der Waals surface area contributed by atoms with Crippen molar-refractivity contribution in [3.63, 3.8) is 0 Å². The monoisotopic (exact) mass is 800 g/mol. The molecule has 48 heavy (non-hydrogen) atoms. The molecule has 16 nitrogen and oxygen atoms in total. The first-order valence-corrected chi connectivity index (χ1v) is 17.5. The molecule has 0 radical (unpaired) electrons. The van der Waals surface area contributed by atoms with Gasteiger partial charge in [0.2, 0.25) is 11.8 Å². The Kier molecular flexibility index (Phi) is 10.1. The number of ether oxygens (including phenoxy) is 4. The summed E-state index contributed by atoms with van der Waals surface area (Å²) in [6, 6.07) is 9.05. The van der Waals surface area contributed by atoms with Gasteiger partial charge in [-0.15, -0.1) is 0 Å². The number of fused-ring (bicyclic) bond motifs is 2. The van der Waals surface area contributed by atoms with Gasteiger partial charge in [-0.05, 0) is 30.7 Å². The highest BCUT2D eigenvalue weighted by Crippen LogP contribution is 2.47. The molecule has 1 unspecified atom stereocenters. The van der Waals surface area contributed by atoms with Crippen LogP contribution in [0.1, 0.15) is 40.8 Å². The SMILES string of the molecule is COc1nc(N)nc2c1nc(I)n2[C@@H]1O[C@H](COc2ccc3ccccc3c2OP(=O)(O)N[C@@H](C)C(=O)OCC(C)(C)C)[C@@H](O)[C@@]1(C)O. The number of nitrogens with zero attached hydrogens (tertiary/aromatic N) is 4. The van der Waals surface area contributed by atoms with Gasteiger partial charge in [0.25, 0.3) is 0 Å². The largest absolute Gasteiger partial charge is 0.487 e. The van der Waals surface area contributed by atoms with E-state index in [1.54, 1.807) is 30.3 Å². The van der Waals surface area contributed by atoms with Crippen molar-refractivity contribution in [3.05, 3.63) is 40.2 Å². The van der Waals surface area contributed by atoms with E-state index in [-0.39, 0.29) is 53.1 Å². The van der Waals surface area contributed by atoms with E-state index >= 15 is 0 Å². The minimum absolute atomic E-state index is 0.0412. The Hall–Kier alpha value is -3.32. The fraction of sp³-hybridized carbons (Fsp3) is 0.467.